The Balaban J connectivity index is 1.80. The minimum absolute atomic E-state index is 0.619. The molecule has 0 aromatic heterocycles. The molecule has 0 saturated heterocycles. The maximum Gasteiger partial charge on any atom is 0.166 e. The van der Waals surface area contributed by atoms with Crippen molar-refractivity contribution >= 4 is 5.69 Å². The second-order valence-corrected chi connectivity index (χ2v) is 5.11. The van der Waals surface area contributed by atoms with Crippen molar-refractivity contribution in [2.45, 2.75) is 20.4 Å². The van der Waals surface area contributed by atoms with Gasteiger partial charge in [0, 0.05) is 17.8 Å². The van der Waals surface area contributed by atoms with Crippen LogP contribution in [-0.2, 0) is 6.54 Å². The third-order valence-corrected chi connectivity index (χ3v) is 3.51. The molecule has 104 valence electrons. The highest BCUT2D eigenvalue weighted by Gasteiger charge is 2.15. The number of hydrogen-bond acceptors (Lipinski definition) is 3. The van der Waals surface area contributed by atoms with E-state index in [0.29, 0.717) is 13.2 Å². The lowest BCUT2D eigenvalue weighted by atomic mass is 10.1. The first kappa shape index (κ1) is 12.9. The number of benzene rings is 2. The van der Waals surface area contributed by atoms with E-state index >= 15 is 0 Å². The normalized spacial score (nSPS) is 13.1. The van der Waals surface area contributed by atoms with Crippen LogP contribution < -0.4 is 14.8 Å². The highest BCUT2D eigenvalue weighted by molar-refractivity contribution is 5.54. The summed E-state index contributed by atoms with van der Waals surface area (Å²) in [5.74, 6) is 1.72. The van der Waals surface area contributed by atoms with Crippen LogP contribution in [0, 0.1) is 13.8 Å². The Kier molecular flexibility index (Phi) is 3.50. The fourth-order valence-electron chi connectivity index (χ4n) is 2.39. The van der Waals surface area contributed by atoms with E-state index in [9.17, 15) is 0 Å². The van der Waals surface area contributed by atoms with Crippen LogP contribution in [0.1, 0.15) is 16.7 Å². The van der Waals surface area contributed by atoms with E-state index in [0.717, 1.165) is 23.6 Å². The molecule has 0 atom stereocenters. The molecule has 2 aromatic rings. The van der Waals surface area contributed by atoms with E-state index in [4.69, 9.17) is 9.47 Å². The number of fused-ring (bicyclic) bond motifs is 1. The summed E-state index contributed by atoms with van der Waals surface area (Å²) in [7, 11) is 0. The number of anilines is 1. The number of rotatable bonds is 3. The van der Waals surface area contributed by atoms with E-state index in [2.05, 4.69) is 43.4 Å². The van der Waals surface area contributed by atoms with Gasteiger partial charge in [-0.05, 0) is 37.1 Å². The molecule has 20 heavy (non-hydrogen) atoms. The second kappa shape index (κ2) is 5.45. The zero-order valence-corrected chi connectivity index (χ0v) is 11.9. The van der Waals surface area contributed by atoms with E-state index in [1.165, 1.54) is 16.8 Å². The van der Waals surface area contributed by atoms with Gasteiger partial charge in [-0.3, -0.25) is 0 Å². The van der Waals surface area contributed by atoms with Crippen molar-refractivity contribution in [3.8, 4) is 11.5 Å². The summed E-state index contributed by atoms with van der Waals surface area (Å²) in [5, 5.41) is 3.48. The van der Waals surface area contributed by atoms with Gasteiger partial charge in [0.2, 0.25) is 0 Å². The van der Waals surface area contributed by atoms with Crippen LogP contribution in [0.3, 0.4) is 0 Å². The van der Waals surface area contributed by atoms with Gasteiger partial charge < -0.3 is 14.8 Å². The molecule has 0 radical (unpaired) electrons. The van der Waals surface area contributed by atoms with Crippen molar-refractivity contribution in [3.05, 3.63) is 53.1 Å². The summed E-state index contributed by atoms with van der Waals surface area (Å²) < 4.78 is 11.3. The minimum Gasteiger partial charge on any atom is -0.486 e. The largest absolute Gasteiger partial charge is 0.486 e. The van der Waals surface area contributed by atoms with Crippen molar-refractivity contribution in [2.24, 2.45) is 0 Å². The zero-order chi connectivity index (χ0) is 13.9. The zero-order valence-electron chi connectivity index (χ0n) is 11.9. The predicted molar refractivity (Wildman–Crippen MR) is 80.7 cm³/mol. The van der Waals surface area contributed by atoms with E-state index in [1.54, 1.807) is 0 Å². The highest BCUT2D eigenvalue weighted by atomic mass is 16.6. The lowest BCUT2D eigenvalue weighted by molar-refractivity contribution is 0.170. The molecule has 1 N–H and O–H groups in total. The molecule has 1 heterocycles. The quantitative estimate of drug-likeness (QED) is 0.922. The topological polar surface area (TPSA) is 30.5 Å². The van der Waals surface area contributed by atoms with Crippen molar-refractivity contribution in [1.82, 2.24) is 0 Å². The fraction of sp³-hybridized carbons (Fsp3) is 0.294. The van der Waals surface area contributed by atoms with Crippen molar-refractivity contribution in [3.63, 3.8) is 0 Å². The van der Waals surface area contributed by atoms with Crippen LogP contribution in [0.5, 0.6) is 11.5 Å². The van der Waals surface area contributed by atoms with Crippen molar-refractivity contribution in [2.75, 3.05) is 18.5 Å². The van der Waals surface area contributed by atoms with Crippen LogP contribution in [0.15, 0.2) is 36.4 Å². The Morgan fingerprint density at radius 1 is 1.05 bits per heavy atom. The van der Waals surface area contributed by atoms with E-state index in [-0.39, 0.29) is 0 Å². The van der Waals surface area contributed by atoms with Gasteiger partial charge in [0.1, 0.15) is 13.2 Å². The Hall–Kier alpha value is -2.16. The first-order chi connectivity index (χ1) is 9.74. The first-order valence-corrected chi connectivity index (χ1v) is 6.92. The van der Waals surface area contributed by atoms with Gasteiger partial charge >= 0.3 is 0 Å². The smallest absolute Gasteiger partial charge is 0.166 e. The molecule has 3 rings (SSSR count). The molecule has 0 bridgehead atoms. The fourth-order valence-corrected chi connectivity index (χ4v) is 2.39. The van der Waals surface area contributed by atoms with Crippen LogP contribution in [0.25, 0.3) is 0 Å². The van der Waals surface area contributed by atoms with Crippen LogP contribution >= 0.6 is 0 Å². The summed E-state index contributed by atoms with van der Waals surface area (Å²) in [6, 6.07) is 12.5. The average Bonchev–Trinajstić information content (AvgIpc) is 2.48. The first-order valence-electron chi connectivity index (χ1n) is 6.92. The number of aryl methyl sites for hydroxylation is 2. The predicted octanol–water partition coefficient (Wildman–Crippen LogP) is 3.69. The maximum absolute atomic E-state index is 5.73. The summed E-state index contributed by atoms with van der Waals surface area (Å²) in [6.07, 6.45) is 0. The Labute approximate surface area is 119 Å². The standard InChI is InChI=1S/C17H19NO2/c1-12-6-7-13(2)15(10-12)18-11-14-4-3-5-16-17(14)20-9-8-19-16/h3-7,10,18H,8-9,11H2,1-2H3. The molecule has 0 aliphatic carbocycles. The molecule has 2 aromatic carbocycles. The minimum atomic E-state index is 0.619. The number of para-hydroxylation sites is 1. The number of ether oxygens (including phenoxy) is 2. The van der Waals surface area contributed by atoms with Crippen LogP contribution in [-0.4, -0.2) is 13.2 Å². The molecule has 0 spiro atoms. The second-order valence-electron chi connectivity index (χ2n) is 5.11. The van der Waals surface area contributed by atoms with Crippen molar-refractivity contribution in [1.29, 1.82) is 0 Å². The highest BCUT2D eigenvalue weighted by Crippen LogP contribution is 2.34. The van der Waals surface area contributed by atoms with Crippen LogP contribution in [0.2, 0.25) is 0 Å². The molecule has 1 aliphatic heterocycles. The molecule has 0 saturated carbocycles. The Morgan fingerprint density at radius 2 is 1.90 bits per heavy atom. The maximum atomic E-state index is 5.73. The van der Waals surface area contributed by atoms with Gasteiger partial charge in [-0.25, -0.2) is 0 Å². The molecule has 0 fully saturated rings. The third-order valence-electron chi connectivity index (χ3n) is 3.51. The summed E-state index contributed by atoms with van der Waals surface area (Å²) in [6.45, 7) is 6.19. The van der Waals surface area contributed by atoms with Gasteiger partial charge in [-0.15, -0.1) is 0 Å². The van der Waals surface area contributed by atoms with Gasteiger partial charge in [0.15, 0.2) is 11.5 Å². The molecule has 0 amide bonds. The SMILES string of the molecule is Cc1ccc(C)c(NCc2cccc3c2OCCO3)c1. The summed E-state index contributed by atoms with van der Waals surface area (Å²) in [4.78, 5) is 0. The average molecular weight is 269 g/mol. The van der Waals surface area contributed by atoms with Gasteiger partial charge in [0.05, 0.1) is 0 Å². The molecule has 1 aliphatic rings. The third kappa shape index (κ3) is 2.57. The number of hydrogen-bond donors (Lipinski definition) is 1. The molecule has 3 nitrogen and oxygen atoms in total. The lowest BCUT2D eigenvalue weighted by Gasteiger charge is -2.21. The van der Waals surface area contributed by atoms with Gasteiger partial charge in [-0.2, -0.15) is 0 Å². The number of nitrogens with one attached hydrogen (secondary N) is 1. The van der Waals surface area contributed by atoms with E-state index < -0.39 is 0 Å². The molecule has 0 unspecified atom stereocenters. The Bertz CT molecular complexity index is 622. The van der Waals surface area contributed by atoms with E-state index in [1.807, 2.05) is 12.1 Å². The van der Waals surface area contributed by atoms with Gasteiger partial charge in [0.25, 0.3) is 0 Å². The van der Waals surface area contributed by atoms with Crippen molar-refractivity contribution < 1.29 is 9.47 Å². The lowest BCUT2D eigenvalue weighted by Crippen LogP contribution is -2.17. The summed E-state index contributed by atoms with van der Waals surface area (Å²) in [5.41, 5.74) is 4.80. The summed E-state index contributed by atoms with van der Waals surface area (Å²) >= 11 is 0. The Morgan fingerprint density at radius 3 is 2.80 bits per heavy atom. The monoisotopic (exact) mass is 269 g/mol. The molecular weight excluding hydrogens is 250 g/mol. The molecular formula is C17H19NO2. The van der Waals surface area contributed by atoms with Crippen LogP contribution in [0.4, 0.5) is 5.69 Å². The molecule has 3 heteroatoms. The van der Waals surface area contributed by atoms with Gasteiger partial charge in [-0.1, -0.05) is 24.3 Å².